The lowest BCUT2D eigenvalue weighted by Crippen LogP contribution is -2.13. The maximum absolute atomic E-state index is 10.6. The monoisotopic (exact) mass is 158 g/mol. The van der Waals surface area contributed by atoms with Crippen LogP contribution in [0, 0.1) is 0 Å². The van der Waals surface area contributed by atoms with E-state index in [0.717, 1.165) is 0 Å². The van der Waals surface area contributed by atoms with E-state index in [0.29, 0.717) is 6.61 Å². The van der Waals surface area contributed by atoms with E-state index in [1.807, 2.05) is 13.0 Å². The Morgan fingerprint density at radius 1 is 1.64 bits per heavy atom. The van der Waals surface area contributed by atoms with Crippen LogP contribution in [0.3, 0.4) is 0 Å². The fourth-order valence-corrected chi connectivity index (χ4v) is 0.614. The molecule has 0 aromatic rings. The normalized spacial score (nSPS) is 13.0. The molecule has 0 bridgehead atoms. The summed E-state index contributed by atoms with van der Waals surface area (Å²) in [5, 5.41) is 0. The van der Waals surface area contributed by atoms with E-state index in [1.54, 1.807) is 19.9 Å². The summed E-state index contributed by atoms with van der Waals surface area (Å²) in [7, 11) is 0. The SMILES string of the molecule is C/C=C/[C@H](C)OC(=O)OCC. The second-order valence-corrected chi connectivity index (χ2v) is 2.03. The summed E-state index contributed by atoms with van der Waals surface area (Å²) in [5.74, 6) is 0. The van der Waals surface area contributed by atoms with Crippen molar-refractivity contribution in [3.63, 3.8) is 0 Å². The Labute approximate surface area is 67.0 Å². The summed E-state index contributed by atoms with van der Waals surface area (Å²) in [5.41, 5.74) is 0. The van der Waals surface area contributed by atoms with Crippen LogP contribution in [-0.4, -0.2) is 18.9 Å². The molecule has 0 heterocycles. The van der Waals surface area contributed by atoms with E-state index in [-0.39, 0.29) is 6.10 Å². The molecule has 3 nitrogen and oxygen atoms in total. The highest BCUT2D eigenvalue weighted by atomic mass is 16.7. The van der Waals surface area contributed by atoms with Gasteiger partial charge in [-0.3, -0.25) is 0 Å². The number of hydrogen-bond donors (Lipinski definition) is 0. The predicted octanol–water partition coefficient (Wildman–Crippen LogP) is 2.12. The zero-order valence-electron chi connectivity index (χ0n) is 7.16. The Balaban J connectivity index is 3.57. The Kier molecular flexibility index (Phi) is 5.25. The van der Waals surface area contributed by atoms with Crippen molar-refractivity contribution >= 4 is 6.16 Å². The first kappa shape index (κ1) is 10.0. The Hall–Kier alpha value is -0.990. The highest BCUT2D eigenvalue weighted by Gasteiger charge is 2.05. The number of ether oxygens (including phenoxy) is 2. The second-order valence-electron chi connectivity index (χ2n) is 2.03. The van der Waals surface area contributed by atoms with Crippen LogP contribution in [0.15, 0.2) is 12.2 Å². The minimum Gasteiger partial charge on any atom is -0.435 e. The second kappa shape index (κ2) is 5.77. The minimum absolute atomic E-state index is 0.209. The first-order valence-electron chi connectivity index (χ1n) is 3.67. The number of rotatable bonds is 3. The molecule has 0 aliphatic rings. The van der Waals surface area contributed by atoms with Gasteiger partial charge in [0, 0.05) is 0 Å². The molecule has 0 aliphatic heterocycles. The molecule has 0 unspecified atom stereocenters. The molecule has 0 aromatic carbocycles. The van der Waals surface area contributed by atoms with Gasteiger partial charge in [0.2, 0.25) is 0 Å². The van der Waals surface area contributed by atoms with Crippen LogP contribution in [-0.2, 0) is 9.47 Å². The Bertz CT molecular complexity index is 140. The molecular weight excluding hydrogens is 144 g/mol. The van der Waals surface area contributed by atoms with Gasteiger partial charge in [-0.25, -0.2) is 4.79 Å². The van der Waals surface area contributed by atoms with Crippen molar-refractivity contribution in [3.05, 3.63) is 12.2 Å². The van der Waals surface area contributed by atoms with Crippen LogP contribution in [0.5, 0.6) is 0 Å². The number of hydrogen-bond acceptors (Lipinski definition) is 3. The van der Waals surface area contributed by atoms with E-state index in [4.69, 9.17) is 4.74 Å². The summed E-state index contributed by atoms with van der Waals surface area (Å²) in [6.07, 6.45) is 2.78. The quantitative estimate of drug-likeness (QED) is 0.466. The van der Waals surface area contributed by atoms with Crippen LogP contribution in [0.2, 0.25) is 0 Å². The zero-order chi connectivity index (χ0) is 8.69. The predicted molar refractivity (Wildman–Crippen MR) is 42.4 cm³/mol. The molecule has 0 saturated carbocycles. The molecule has 0 aromatic heterocycles. The molecule has 3 heteroatoms. The molecular formula is C8H14O3. The van der Waals surface area contributed by atoms with Gasteiger partial charge in [0.15, 0.2) is 0 Å². The standard InChI is InChI=1S/C8H14O3/c1-4-6-7(3)11-8(9)10-5-2/h4,6-7H,5H2,1-3H3/b6-4+/t7-/m0/s1. The molecule has 0 radical (unpaired) electrons. The average molecular weight is 158 g/mol. The number of carbonyl (C=O) groups excluding carboxylic acids is 1. The van der Waals surface area contributed by atoms with E-state index in [9.17, 15) is 4.79 Å². The number of carbonyl (C=O) groups is 1. The summed E-state index contributed by atoms with van der Waals surface area (Å²) in [6.45, 7) is 5.73. The first-order chi connectivity index (χ1) is 5.20. The van der Waals surface area contributed by atoms with E-state index in [1.165, 1.54) is 0 Å². The minimum atomic E-state index is -0.613. The molecule has 0 N–H and O–H groups in total. The van der Waals surface area contributed by atoms with Gasteiger partial charge in [0.05, 0.1) is 6.61 Å². The lowest BCUT2D eigenvalue weighted by Gasteiger charge is -2.07. The van der Waals surface area contributed by atoms with E-state index in [2.05, 4.69) is 4.74 Å². The van der Waals surface area contributed by atoms with Gasteiger partial charge in [-0.15, -0.1) is 0 Å². The lowest BCUT2D eigenvalue weighted by molar-refractivity contribution is 0.0454. The molecule has 0 rings (SSSR count). The maximum atomic E-state index is 10.6. The molecule has 0 fully saturated rings. The van der Waals surface area contributed by atoms with Gasteiger partial charge in [0.25, 0.3) is 0 Å². The van der Waals surface area contributed by atoms with Gasteiger partial charge < -0.3 is 9.47 Å². The summed E-state index contributed by atoms with van der Waals surface area (Å²) in [4.78, 5) is 10.6. The van der Waals surface area contributed by atoms with Crippen molar-refractivity contribution in [2.75, 3.05) is 6.61 Å². The molecule has 0 saturated heterocycles. The van der Waals surface area contributed by atoms with E-state index >= 15 is 0 Å². The van der Waals surface area contributed by atoms with Crippen LogP contribution >= 0.6 is 0 Å². The van der Waals surface area contributed by atoms with Gasteiger partial charge in [0.1, 0.15) is 6.10 Å². The molecule has 0 spiro atoms. The summed E-state index contributed by atoms with van der Waals surface area (Å²) >= 11 is 0. The van der Waals surface area contributed by atoms with Crippen LogP contribution in [0.25, 0.3) is 0 Å². The highest BCUT2D eigenvalue weighted by Crippen LogP contribution is 1.95. The third-order valence-corrected chi connectivity index (χ3v) is 1.01. The maximum Gasteiger partial charge on any atom is 0.508 e. The third kappa shape index (κ3) is 5.45. The van der Waals surface area contributed by atoms with Crippen LogP contribution in [0.1, 0.15) is 20.8 Å². The van der Waals surface area contributed by atoms with Crippen LogP contribution in [0.4, 0.5) is 4.79 Å². The molecule has 0 amide bonds. The van der Waals surface area contributed by atoms with Crippen molar-refractivity contribution in [3.8, 4) is 0 Å². The molecule has 0 aliphatic carbocycles. The summed E-state index contributed by atoms with van der Waals surface area (Å²) in [6, 6.07) is 0. The summed E-state index contributed by atoms with van der Waals surface area (Å²) < 4.78 is 9.35. The fourth-order valence-electron chi connectivity index (χ4n) is 0.614. The molecule has 11 heavy (non-hydrogen) atoms. The first-order valence-corrected chi connectivity index (χ1v) is 3.67. The fraction of sp³-hybridized carbons (Fsp3) is 0.625. The third-order valence-electron chi connectivity index (χ3n) is 1.01. The molecule has 64 valence electrons. The Morgan fingerprint density at radius 3 is 2.73 bits per heavy atom. The topological polar surface area (TPSA) is 35.5 Å². The van der Waals surface area contributed by atoms with Crippen LogP contribution < -0.4 is 0 Å². The lowest BCUT2D eigenvalue weighted by atomic mass is 10.4. The smallest absolute Gasteiger partial charge is 0.435 e. The Morgan fingerprint density at radius 2 is 2.27 bits per heavy atom. The van der Waals surface area contributed by atoms with Crippen molar-refractivity contribution < 1.29 is 14.3 Å². The van der Waals surface area contributed by atoms with Crippen molar-refractivity contribution in [1.29, 1.82) is 0 Å². The highest BCUT2D eigenvalue weighted by molar-refractivity contribution is 5.60. The van der Waals surface area contributed by atoms with Crippen molar-refractivity contribution in [2.24, 2.45) is 0 Å². The van der Waals surface area contributed by atoms with Gasteiger partial charge in [-0.2, -0.15) is 0 Å². The number of allylic oxidation sites excluding steroid dienone is 1. The zero-order valence-corrected chi connectivity index (χ0v) is 7.16. The van der Waals surface area contributed by atoms with Gasteiger partial charge in [-0.1, -0.05) is 6.08 Å². The largest absolute Gasteiger partial charge is 0.508 e. The molecule has 1 atom stereocenters. The average Bonchev–Trinajstić information content (AvgIpc) is 1.87. The van der Waals surface area contributed by atoms with E-state index < -0.39 is 6.16 Å². The van der Waals surface area contributed by atoms with Crippen molar-refractivity contribution in [2.45, 2.75) is 26.9 Å². The van der Waals surface area contributed by atoms with Crippen molar-refractivity contribution in [1.82, 2.24) is 0 Å². The van der Waals surface area contributed by atoms with Gasteiger partial charge in [-0.05, 0) is 26.8 Å². The van der Waals surface area contributed by atoms with Gasteiger partial charge >= 0.3 is 6.16 Å².